The Morgan fingerprint density at radius 2 is 1.61 bits per heavy atom. The minimum atomic E-state index is -4.71. The first-order valence-corrected chi connectivity index (χ1v) is 14.1. The van der Waals surface area contributed by atoms with E-state index < -0.39 is 53.2 Å². The van der Waals surface area contributed by atoms with Gasteiger partial charge in [-0.15, -0.1) is 0 Å². The maximum absolute atomic E-state index is 13.8. The molecule has 0 aromatic heterocycles. The fourth-order valence-electron chi connectivity index (χ4n) is 4.84. The highest BCUT2D eigenvalue weighted by Gasteiger charge is 2.41. The predicted molar refractivity (Wildman–Crippen MR) is 160 cm³/mol. The molecule has 0 saturated carbocycles. The van der Waals surface area contributed by atoms with Crippen LogP contribution >= 0.6 is 0 Å². The number of esters is 3. The molecule has 2 atom stereocenters. The molecule has 46 heavy (non-hydrogen) atoms. The summed E-state index contributed by atoms with van der Waals surface area (Å²) in [5, 5.41) is 11.8. The van der Waals surface area contributed by atoms with Gasteiger partial charge in [0, 0.05) is 5.70 Å². The molecule has 4 rings (SSSR count). The van der Waals surface area contributed by atoms with Crippen molar-refractivity contribution >= 4 is 29.6 Å². The summed E-state index contributed by atoms with van der Waals surface area (Å²) in [7, 11) is 0. The van der Waals surface area contributed by atoms with Crippen molar-refractivity contribution in [2.75, 3.05) is 4.90 Å². The Labute approximate surface area is 263 Å². The van der Waals surface area contributed by atoms with Gasteiger partial charge in [0.1, 0.15) is 5.60 Å². The zero-order valence-corrected chi connectivity index (χ0v) is 25.3. The lowest BCUT2D eigenvalue weighted by molar-refractivity contribution is -0.171. The lowest BCUT2D eigenvalue weighted by Gasteiger charge is -2.35. The molecule has 2 amide bonds. The number of anilines is 1. The maximum atomic E-state index is 13.8. The Morgan fingerprint density at radius 3 is 2.20 bits per heavy atom. The number of rotatable bonds is 7. The SMILES string of the molecule is CC1=C(C(=O)OC(=O)C(Cc2ccccc2)C(=O)OC(C)(C)C)C(c2ccc(C#N)cc2)NC(=O)N1c1cccc(C(F)(F)F)c1. The third-order valence-electron chi connectivity index (χ3n) is 6.96. The largest absolute Gasteiger partial charge is 0.459 e. The van der Waals surface area contributed by atoms with Crippen molar-refractivity contribution in [3.05, 3.63) is 112 Å². The number of nitrogens with one attached hydrogen (secondary N) is 1. The van der Waals surface area contributed by atoms with Gasteiger partial charge < -0.3 is 14.8 Å². The average molecular weight is 634 g/mol. The van der Waals surface area contributed by atoms with Gasteiger partial charge in [0.25, 0.3) is 0 Å². The van der Waals surface area contributed by atoms with Crippen LogP contribution in [0.25, 0.3) is 0 Å². The standard InChI is InChI=1S/C34H30F3N3O6/c1-20-27(31(43)45-29(41)26(30(42)46-33(2,3)4)17-21-9-6-5-7-10-21)28(23-15-13-22(19-38)14-16-23)39-32(44)40(20)25-12-8-11-24(18-25)34(35,36)37/h5-16,18,26,28H,17H2,1-4H3,(H,39,44). The van der Waals surface area contributed by atoms with Crippen LogP contribution in [0.3, 0.4) is 0 Å². The summed E-state index contributed by atoms with van der Waals surface area (Å²) in [4.78, 5) is 54.7. The van der Waals surface area contributed by atoms with Crippen molar-refractivity contribution in [2.45, 2.75) is 51.9 Å². The number of nitriles is 1. The molecule has 12 heteroatoms. The summed E-state index contributed by atoms with van der Waals surface area (Å²) in [6.07, 6.45) is -4.86. The molecule has 9 nitrogen and oxygen atoms in total. The quantitative estimate of drug-likeness (QED) is 0.236. The Hall–Kier alpha value is -5.44. The highest BCUT2D eigenvalue weighted by Crippen LogP contribution is 2.37. The van der Waals surface area contributed by atoms with Crippen LogP contribution in [-0.2, 0) is 36.5 Å². The van der Waals surface area contributed by atoms with Crippen LogP contribution in [0.15, 0.2) is 90.1 Å². The number of benzene rings is 3. The summed E-state index contributed by atoms with van der Waals surface area (Å²) in [5.74, 6) is -4.93. The van der Waals surface area contributed by atoms with E-state index in [1.807, 2.05) is 6.07 Å². The number of urea groups is 1. The van der Waals surface area contributed by atoms with E-state index in [4.69, 9.17) is 9.47 Å². The van der Waals surface area contributed by atoms with Crippen LogP contribution in [0.4, 0.5) is 23.7 Å². The highest BCUT2D eigenvalue weighted by atomic mass is 19.4. The molecule has 2 unspecified atom stereocenters. The average Bonchev–Trinajstić information content (AvgIpc) is 2.98. The number of nitrogens with zero attached hydrogens (tertiary/aromatic N) is 2. The van der Waals surface area contributed by atoms with E-state index >= 15 is 0 Å². The smallest absolute Gasteiger partial charge is 0.416 e. The number of halogens is 3. The molecule has 1 aliphatic heterocycles. The monoisotopic (exact) mass is 633 g/mol. The van der Waals surface area contributed by atoms with E-state index in [9.17, 15) is 37.6 Å². The normalized spacial score (nSPS) is 15.8. The summed E-state index contributed by atoms with van der Waals surface area (Å²) in [6, 6.07) is 18.2. The molecule has 0 fully saturated rings. The molecule has 1 aliphatic rings. The fourth-order valence-corrected chi connectivity index (χ4v) is 4.84. The Kier molecular flexibility index (Phi) is 9.66. The topological polar surface area (TPSA) is 126 Å². The number of hydrogen-bond donors (Lipinski definition) is 1. The number of amides is 2. The van der Waals surface area contributed by atoms with Gasteiger partial charge in [-0.3, -0.25) is 14.5 Å². The van der Waals surface area contributed by atoms with Crippen LogP contribution in [0.2, 0.25) is 0 Å². The molecule has 3 aromatic rings. The molecule has 1 heterocycles. The minimum absolute atomic E-state index is 0.118. The van der Waals surface area contributed by atoms with E-state index in [0.29, 0.717) is 11.1 Å². The van der Waals surface area contributed by atoms with E-state index in [1.165, 1.54) is 37.3 Å². The number of allylic oxidation sites excluding steroid dienone is 1. The Balaban J connectivity index is 1.77. The minimum Gasteiger partial charge on any atom is -0.459 e. The summed E-state index contributed by atoms with van der Waals surface area (Å²) in [5.41, 5.74) is -1.38. The molecular weight excluding hydrogens is 603 g/mol. The number of ether oxygens (including phenoxy) is 2. The van der Waals surface area contributed by atoms with Gasteiger partial charge in [0.05, 0.1) is 34.5 Å². The van der Waals surface area contributed by atoms with Crippen molar-refractivity contribution in [3.8, 4) is 6.07 Å². The number of carbonyl (C=O) groups is 4. The van der Waals surface area contributed by atoms with Crippen LogP contribution in [0.5, 0.6) is 0 Å². The van der Waals surface area contributed by atoms with E-state index in [2.05, 4.69) is 5.32 Å². The molecule has 0 aliphatic carbocycles. The van der Waals surface area contributed by atoms with Crippen LogP contribution < -0.4 is 10.2 Å². The number of hydrogen-bond acceptors (Lipinski definition) is 7. The van der Waals surface area contributed by atoms with Gasteiger partial charge in [0.15, 0.2) is 5.92 Å². The van der Waals surface area contributed by atoms with Crippen molar-refractivity contribution in [3.63, 3.8) is 0 Å². The first-order chi connectivity index (χ1) is 21.6. The van der Waals surface area contributed by atoms with Crippen LogP contribution in [0, 0.1) is 17.2 Å². The van der Waals surface area contributed by atoms with E-state index in [1.54, 1.807) is 51.1 Å². The molecule has 3 aromatic carbocycles. The van der Waals surface area contributed by atoms with Gasteiger partial charge in [-0.2, -0.15) is 18.4 Å². The molecule has 0 bridgehead atoms. The van der Waals surface area contributed by atoms with Gasteiger partial charge in [-0.1, -0.05) is 48.5 Å². The Morgan fingerprint density at radius 1 is 0.957 bits per heavy atom. The van der Waals surface area contributed by atoms with E-state index in [0.717, 1.165) is 23.1 Å². The van der Waals surface area contributed by atoms with Gasteiger partial charge in [-0.25, -0.2) is 9.59 Å². The zero-order chi connectivity index (χ0) is 33.8. The molecule has 0 saturated heterocycles. The summed E-state index contributed by atoms with van der Waals surface area (Å²) >= 11 is 0. The number of carbonyl (C=O) groups excluding carboxylic acids is 4. The van der Waals surface area contributed by atoms with Crippen molar-refractivity contribution < 1.29 is 41.8 Å². The number of alkyl halides is 3. The third-order valence-corrected chi connectivity index (χ3v) is 6.96. The summed E-state index contributed by atoms with van der Waals surface area (Å²) in [6.45, 7) is 6.17. The van der Waals surface area contributed by atoms with Gasteiger partial charge >= 0.3 is 30.1 Å². The molecule has 238 valence electrons. The molecule has 1 N–H and O–H groups in total. The zero-order valence-electron chi connectivity index (χ0n) is 25.3. The van der Waals surface area contributed by atoms with Crippen molar-refractivity contribution in [1.29, 1.82) is 5.26 Å². The lowest BCUT2D eigenvalue weighted by atomic mass is 9.93. The van der Waals surface area contributed by atoms with Gasteiger partial charge in [-0.05, 0) is 75.6 Å². The summed E-state index contributed by atoms with van der Waals surface area (Å²) < 4.78 is 51.3. The first kappa shape index (κ1) is 33.5. The maximum Gasteiger partial charge on any atom is 0.416 e. The van der Waals surface area contributed by atoms with Gasteiger partial charge in [0.2, 0.25) is 0 Å². The first-order valence-electron chi connectivity index (χ1n) is 14.1. The molecule has 0 spiro atoms. The van der Waals surface area contributed by atoms with E-state index in [-0.39, 0.29) is 28.9 Å². The van der Waals surface area contributed by atoms with Crippen LogP contribution in [0.1, 0.15) is 56.0 Å². The second-order valence-corrected chi connectivity index (χ2v) is 11.5. The highest BCUT2D eigenvalue weighted by molar-refractivity contribution is 6.07. The molecular formula is C34H30F3N3O6. The van der Waals surface area contributed by atoms with Crippen LogP contribution in [-0.4, -0.2) is 29.5 Å². The van der Waals surface area contributed by atoms with Crippen molar-refractivity contribution in [1.82, 2.24) is 5.32 Å². The van der Waals surface area contributed by atoms with Crippen molar-refractivity contribution in [2.24, 2.45) is 5.92 Å². The fraction of sp³-hybridized carbons (Fsp3) is 0.265. The lowest BCUT2D eigenvalue weighted by Crippen LogP contribution is -2.48. The second kappa shape index (κ2) is 13.3. The second-order valence-electron chi connectivity index (χ2n) is 11.5. The third kappa shape index (κ3) is 7.79. The molecule has 0 radical (unpaired) electrons. The predicted octanol–water partition coefficient (Wildman–Crippen LogP) is 6.39. The Bertz CT molecular complexity index is 1720.